The first-order chi connectivity index (χ1) is 14.1. The molecule has 0 unspecified atom stereocenters. The molecule has 0 N–H and O–H groups in total. The zero-order valence-electron chi connectivity index (χ0n) is 16.3. The second kappa shape index (κ2) is 6.83. The number of esters is 1. The van der Waals surface area contributed by atoms with Crippen molar-refractivity contribution in [1.29, 1.82) is 0 Å². The molecule has 1 saturated heterocycles. The summed E-state index contributed by atoms with van der Waals surface area (Å²) < 4.78 is 5.90. The Morgan fingerprint density at radius 2 is 1.38 bits per heavy atom. The molecule has 5 heteroatoms. The molecule has 0 bridgehead atoms. The van der Waals surface area contributed by atoms with Crippen LogP contribution in [0, 0.1) is 11.8 Å². The third kappa shape index (κ3) is 2.71. The fraction of sp³-hybridized carbons (Fsp3) is 0.375. The number of imide groups is 1. The van der Waals surface area contributed by atoms with Crippen LogP contribution in [0.5, 0.6) is 0 Å². The standard InChI is InChI=1S/C24H23NO4/c1-14(25-22(26)19-12-6-7-13-20(19)23(25)27)24(28)29-21-17-10-4-2-8-15(17)16-9-3-5-11-18(16)21/h2-5,8-11,14,19-21H,6-7,12-13H2,1H3/t14-,19+,20+/m1/s1. The SMILES string of the molecule is C[C@H](C(=O)OC1c2ccccc2-c2ccccc21)N1C(=O)[C@H]2CCCC[C@@H]2C1=O. The number of carbonyl (C=O) groups excluding carboxylic acids is 3. The van der Waals surface area contributed by atoms with Gasteiger partial charge >= 0.3 is 5.97 Å². The molecule has 1 aliphatic heterocycles. The van der Waals surface area contributed by atoms with E-state index in [1.807, 2.05) is 48.5 Å². The highest BCUT2D eigenvalue weighted by Gasteiger charge is 2.51. The Hall–Kier alpha value is -2.95. The van der Waals surface area contributed by atoms with Gasteiger partial charge in [0, 0.05) is 11.1 Å². The molecular formula is C24H23NO4. The molecule has 0 spiro atoms. The Kier molecular flexibility index (Phi) is 4.26. The molecule has 2 fully saturated rings. The zero-order chi connectivity index (χ0) is 20.1. The van der Waals surface area contributed by atoms with Crippen molar-refractivity contribution in [3.63, 3.8) is 0 Å². The summed E-state index contributed by atoms with van der Waals surface area (Å²) in [5.41, 5.74) is 3.96. The van der Waals surface area contributed by atoms with E-state index in [0.717, 1.165) is 52.8 Å². The molecular weight excluding hydrogens is 366 g/mol. The lowest BCUT2D eigenvalue weighted by atomic mass is 9.81. The summed E-state index contributed by atoms with van der Waals surface area (Å²) in [5, 5.41) is 0. The molecule has 2 aromatic rings. The third-order valence-corrected chi connectivity index (χ3v) is 6.61. The van der Waals surface area contributed by atoms with E-state index >= 15 is 0 Å². The van der Waals surface area contributed by atoms with Crippen molar-refractivity contribution in [2.24, 2.45) is 11.8 Å². The van der Waals surface area contributed by atoms with Crippen LogP contribution in [-0.4, -0.2) is 28.7 Å². The van der Waals surface area contributed by atoms with Crippen LogP contribution in [0.15, 0.2) is 48.5 Å². The molecule has 0 aromatic heterocycles. The second-order valence-electron chi connectivity index (χ2n) is 8.21. The first-order valence-electron chi connectivity index (χ1n) is 10.3. The van der Waals surface area contributed by atoms with Crippen LogP contribution in [-0.2, 0) is 19.1 Å². The number of rotatable bonds is 3. The van der Waals surface area contributed by atoms with Gasteiger partial charge in [-0.15, -0.1) is 0 Å². The van der Waals surface area contributed by atoms with Gasteiger partial charge in [0.15, 0.2) is 6.10 Å². The van der Waals surface area contributed by atoms with Crippen molar-refractivity contribution in [1.82, 2.24) is 4.90 Å². The molecule has 2 aromatic carbocycles. The fourth-order valence-corrected chi connectivity index (χ4v) is 5.13. The predicted molar refractivity (Wildman–Crippen MR) is 107 cm³/mol. The summed E-state index contributed by atoms with van der Waals surface area (Å²) in [5.74, 6) is -1.49. The smallest absolute Gasteiger partial charge is 0.330 e. The highest BCUT2D eigenvalue weighted by Crippen LogP contribution is 2.45. The van der Waals surface area contributed by atoms with E-state index < -0.39 is 18.1 Å². The Balaban J connectivity index is 1.41. The molecule has 2 aliphatic carbocycles. The van der Waals surface area contributed by atoms with Crippen LogP contribution in [0.2, 0.25) is 0 Å². The van der Waals surface area contributed by atoms with Crippen molar-refractivity contribution in [2.75, 3.05) is 0 Å². The fourth-order valence-electron chi connectivity index (χ4n) is 5.13. The maximum Gasteiger partial charge on any atom is 0.330 e. The predicted octanol–water partition coefficient (Wildman–Crippen LogP) is 3.86. The molecule has 1 heterocycles. The van der Waals surface area contributed by atoms with Gasteiger partial charge in [-0.1, -0.05) is 61.4 Å². The van der Waals surface area contributed by atoms with E-state index in [9.17, 15) is 14.4 Å². The summed E-state index contributed by atoms with van der Waals surface area (Å²) in [6.45, 7) is 1.60. The number of carbonyl (C=O) groups is 3. The van der Waals surface area contributed by atoms with E-state index in [4.69, 9.17) is 4.74 Å². The van der Waals surface area contributed by atoms with Gasteiger partial charge < -0.3 is 4.74 Å². The van der Waals surface area contributed by atoms with E-state index in [1.54, 1.807) is 6.92 Å². The number of benzene rings is 2. The van der Waals surface area contributed by atoms with Crippen molar-refractivity contribution < 1.29 is 19.1 Å². The first kappa shape index (κ1) is 18.1. The Bertz CT molecular complexity index is 944. The number of hydrogen-bond donors (Lipinski definition) is 0. The maximum atomic E-state index is 13.0. The summed E-state index contributed by atoms with van der Waals surface area (Å²) in [7, 11) is 0. The van der Waals surface area contributed by atoms with Crippen molar-refractivity contribution in [3.8, 4) is 11.1 Å². The number of hydrogen-bond acceptors (Lipinski definition) is 4. The third-order valence-electron chi connectivity index (χ3n) is 6.61. The van der Waals surface area contributed by atoms with E-state index in [1.165, 1.54) is 0 Å². The van der Waals surface area contributed by atoms with Crippen molar-refractivity contribution in [2.45, 2.75) is 44.8 Å². The van der Waals surface area contributed by atoms with Gasteiger partial charge in [-0.2, -0.15) is 0 Å². The minimum absolute atomic E-state index is 0.212. The largest absolute Gasteiger partial charge is 0.451 e. The van der Waals surface area contributed by atoms with Crippen LogP contribution >= 0.6 is 0 Å². The van der Waals surface area contributed by atoms with E-state index in [-0.39, 0.29) is 23.7 Å². The second-order valence-corrected chi connectivity index (χ2v) is 8.21. The summed E-state index contributed by atoms with van der Waals surface area (Å²) >= 11 is 0. The average molecular weight is 389 g/mol. The van der Waals surface area contributed by atoms with Gasteiger partial charge in [0.25, 0.3) is 0 Å². The van der Waals surface area contributed by atoms with Crippen LogP contribution in [0.1, 0.15) is 49.8 Å². The van der Waals surface area contributed by atoms with Crippen LogP contribution in [0.3, 0.4) is 0 Å². The van der Waals surface area contributed by atoms with Crippen LogP contribution in [0.25, 0.3) is 11.1 Å². The Morgan fingerprint density at radius 3 is 1.90 bits per heavy atom. The molecule has 5 nitrogen and oxygen atoms in total. The van der Waals surface area contributed by atoms with Crippen molar-refractivity contribution >= 4 is 17.8 Å². The molecule has 3 atom stereocenters. The van der Waals surface area contributed by atoms with Gasteiger partial charge in [-0.25, -0.2) is 4.79 Å². The topological polar surface area (TPSA) is 63.7 Å². The maximum absolute atomic E-state index is 13.0. The number of amides is 2. The molecule has 2 amide bonds. The quantitative estimate of drug-likeness (QED) is 0.591. The van der Waals surface area contributed by atoms with Gasteiger partial charge in [-0.05, 0) is 30.9 Å². The number of nitrogens with zero attached hydrogens (tertiary/aromatic N) is 1. The minimum Gasteiger partial charge on any atom is -0.451 e. The Morgan fingerprint density at radius 1 is 0.897 bits per heavy atom. The lowest BCUT2D eigenvalue weighted by Gasteiger charge is -2.24. The molecule has 5 rings (SSSR count). The molecule has 148 valence electrons. The number of likely N-dealkylation sites (tertiary alicyclic amines) is 1. The van der Waals surface area contributed by atoms with Gasteiger partial charge in [0.2, 0.25) is 11.8 Å². The van der Waals surface area contributed by atoms with Gasteiger partial charge in [0.1, 0.15) is 6.04 Å². The lowest BCUT2D eigenvalue weighted by Crippen LogP contribution is -2.44. The lowest BCUT2D eigenvalue weighted by molar-refractivity contribution is -0.160. The van der Waals surface area contributed by atoms with Crippen LogP contribution < -0.4 is 0 Å². The highest BCUT2D eigenvalue weighted by atomic mass is 16.5. The highest BCUT2D eigenvalue weighted by molar-refractivity contribution is 6.07. The average Bonchev–Trinajstić information content (AvgIpc) is 3.20. The first-order valence-corrected chi connectivity index (χ1v) is 10.3. The number of fused-ring (bicyclic) bond motifs is 4. The summed E-state index contributed by atoms with van der Waals surface area (Å²) in [4.78, 5) is 39.9. The molecule has 0 radical (unpaired) electrons. The van der Waals surface area contributed by atoms with Gasteiger partial charge in [-0.3, -0.25) is 14.5 Å². The Labute approximate surface area is 169 Å². The molecule has 1 saturated carbocycles. The summed E-state index contributed by atoms with van der Waals surface area (Å²) in [6.07, 6.45) is 2.87. The normalized spacial score (nSPS) is 24.1. The zero-order valence-corrected chi connectivity index (χ0v) is 16.3. The monoisotopic (exact) mass is 389 g/mol. The van der Waals surface area contributed by atoms with E-state index in [0.29, 0.717) is 0 Å². The van der Waals surface area contributed by atoms with Crippen LogP contribution in [0.4, 0.5) is 0 Å². The molecule has 3 aliphatic rings. The van der Waals surface area contributed by atoms with E-state index in [2.05, 4.69) is 0 Å². The minimum atomic E-state index is -0.916. The number of ether oxygens (including phenoxy) is 1. The van der Waals surface area contributed by atoms with Crippen molar-refractivity contribution in [3.05, 3.63) is 59.7 Å². The van der Waals surface area contributed by atoms with Gasteiger partial charge in [0.05, 0.1) is 11.8 Å². The molecule has 29 heavy (non-hydrogen) atoms. The summed E-state index contributed by atoms with van der Waals surface area (Å²) in [6, 6.07) is 14.8.